The molecule has 1 unspecified atom stereocenters. The van der Waals surface area contributed by atoms with Crippen LogP contribution in [0.5, 0.6) is 0 Å². The Balaban J connectivity index is 1.49. The lowest BCUT2D eigenvalue weighted by Crippen LogP contribution is -2.55. The van der Waals surface area contributed by atoms with Crippen molar-refractivity contribution in [1.29, 1.82) is 0 Å². The van der Waals surface area contributed by atoms with E-state index in [0.29, 0.717) is 25.0 Å². The highest BCUT2D eigenvalue weighted by molar-refractivity contribution is 7.92. The van der Waals surface area contributed by atoms with Crippen LogP contribution < -0.4 is 16.0 Å². The summed E-state index contributed by atoms with van der Waals surface area (Å²) in [6, 6.07) is 3.80. The molecule has 0 aromatic heterocycles. The van der Waals surface area contributed by atoms with Crippen LogP contribution >= 0.6 is 11.6 Å². The molecule has 3 amide bonds. The zero-order chi connectivity index (χ0) is 32.6. The summed E-state index contributed by atoms with van der Waals surface area (Å²) in [4.78, 5) is 37.0. The number of hydrogen-bond donors (Lipinski definition) is 4. The molecule has 0 spiro atoms. The minimum atomic E-state index is -4.14. The number of rotatable bonds is 9. The molecule has 2 bridgehead atoms. The van der Waals surface area contributed by atoms with Crippen molar-refractivity contribution in [3.05, 3.63) is 58.4 Å². The van der Waals surface area contributed by atoms with E-state index >= 15 is 0 Å². The first-order chi connectivity index (χ1) is 20.6. The maximum absolute atomic E-state index is 13.9. The summed E-state index contributed by atoms with van der Waals surface area (Å²) in [7, 11) is -2.97. The predicted molar refractivity (Wildman–Crippen MR) is 154 cm³/mol. The van der Waals surface area contributed by atoms with Gasteiger partial charge in [-0.05, 0) is 61.6 Å². The number of halogens is 4. The molecule has 0 saturated heterocycles. The number of amides is 3. The molecule has 2 aromatic rings. The van der Waals surface area contributed by atoms with Crippen LogP contribution in [0.1, 0.15) is 49.9 Å². The van der Waals surface area contributed by atoms with Gasteiger partial charge in [0.05, 0.1) is 27.9 Å². The number of aliphatic hydroxyl groups is 1. The number of carbonyl (C=O) groups excluding carboxylic acids is 3. The van der Waals surface area contributed by atoms with Gasteiger partial charge in [-0.3, -0.25) is 9.59 Å². The van der Waals surface area contributed by atoms with Crippen molar-refractivity contribution in [2.75, 3.05) is 19.0 Å². The second-order valence-electron chi connectivity index (χ2n) is 11.7. The Morgan fingerprint density at radius 2 is 1.66 bits per heavy atom. The van der Waals surface area contributed by atoms with E-state index in [0.717, 1.165) is 6.07 Å². The zero-order valence-corrected chi connectivity index (χ0v) is 25.7. The molecule has 15 heteroatoms. The second kappa shape index (κ2) is 12.9. The van der Waals surface area contributed by atoms with Gasteiger partial charge in [0, 0.05) is 29.9 Å². The third-order valence-electron chi connectivity index (χ3n) is 8.22. The minimum Gasteiger partial charge on any atom is -0.453 e. The summed E-state index contributed by atoms with van der Waals surface area (Å²) in [5.74, 6) is -7.37. The van der Waals surface area contributed by atoms with Crippen molar-refractivity contribution in [3.63, 3.8) is 0 Å². The van der Waals surface area contributed by atoms with Crippen molar-refractivity contribution in [1.82, 2.24) is 10.6 Å². The maximum atomic E-state index is 13.9. The number of sulfone groups is 1. The topological polar surface area (TPSA) is 151 Å². The van der Waals surface area contributed by atoms with Crippen molar-refractivity contribution in [3.8, 4) is 0 Å². The van der Waals surface area contributed by atoms with E-state index < -0.39 is 73.9 Å². The van der Waals surface area contributed by atoms with E-state index in [2.05, 4.69) is 20.7 Å². The van der Waals surface area contributed by atoms with Crippen LogP contribution in [0.3, 0.4) is 0 Å². The fourth-order valence-corrected chi connectivity index (χ4v) is 9.05. The van der Waals surface area contributed by atoms with E-state index in [1.54, 1.807) is 13.8 Å². The third-order valence-corrected chi connectivity index (χ3v) is 11.1. The fourth-order valence-electron chi connectivity index (χ4n) is 6.21. The smallest absolute Gasteiger partial charge is 0.407 e. The Morgan fingerprint density at radius 3 is 2.20 bits per heavy atom. The molecule has 0 aliphatic heterocycles. The number of nitrogens with one attached hydrogen (secondary N) is 3. The molecule has 0 radical (unpaired) electrons. The van der Waals surface area contributed by atoms with Gasteiger partial charge in [0.25, 0.3) is 5.91 Å². The van der Waals surface area contributed by atoms with Gasteiger partial charge in [-0.15, -0.1) is 0 Å². The van der Waals surface area contributed by atoms with Crippen molar-refractivity contribution >= 4 is 45.0 Å². The standard InChI is InChI=1S/C29H33ClF3N3O7S/c1-14(2)24(36-28(39)43-3)27(38)34-13-29(40)11-16-4-5-17(12-29)25(16)44(41,42)22-8-15(6-7-19(22)30)26(37)35-18-9-20(31)23(33)21(32)10-18/h6-10,14,16-17,24-25,40H,4-5,11-13H2,1-3H3,(H,34,38)(H,35,37)(H,36,39)/t16-,17?,24-,25+,29-/m0/s1. The monoisotopic (exact) mass is 659 g/mol. The van der Waals surface area contributed by atoms with E-state index in [1.165, 1.54) is 19.2 Å². The summed E-state index contributed by atoms with van der Waals surface area (Å²) >= 11 is 6.29. The average molecular weight is 660 g/mol. The molecule has 44 heavy (non-hydrogen) atoms. The van der Waals surface area contributed by atoms with Crippen LogP contribution in [0, 0.1) is 35.2 Å². The summed E-state index contributed by atoms with van der Waals surface area (Å²) < 4.78 is 72.9. The molecular weight excluding hydrogens is 627 g/mol. The molecule has 4 N–H and O–H groups in total. The zero-order valence-electron chi connectivity index (χ0n) is 24.1. The fraction of sp³-hybridized carbons (Fsp3) is 0.483. The SMILES string of the molecule is COC(=O)N[C@H](C(=O)NC[C@@]1(O)CC2CC[C@@H](C1)[C@H]2S(=O)(=O)c1cc(C(=O)Nc2cc(F)c(F)c(F)c2)ccc1Cl)C(C)C. The summed E-state index contributed by atoms with van der Waals surface area (Å²) in [6.07, 6.45) is 0.374. The Labute approximate surface area is 257 Å². The Bertz CT molecular complexity index is 1540. The molecule has 4 rings (SSSR count). The normalized spacial score (nSPS) is 23.6. The molecule has 2 saturated carbocycles. The van der Waals surface area contributed by atoms with E-state index in [1.807, 2.05) is 0 Å². The van der Waals surface area contributed by atoms with Crippen LogP contribution in [0.4, 0.5) is 23.7 Å². The van der Waals surface area contributed by atoms with Crippen LogP contribution in [-0.2, 0) is 19.4 Å². The van der Waals surface area contributed by atoms with Gasteiger partial charge in [0.1, 0.15) is 6.04 Å². The largest absolute Gasteiger partial charge is 0.453 e. The van der Waals surface area contributed by atoms with Crippen LogP contribution in [0.15, 0.2) is 35.2 Å². The summed E-state index contributed by atoms with van der Waals surface area (Å²) in [5, 5.41) is 17.7. The lowest BCUT2D eigenvalue weighted by molar-refractivity contribution is -0.126. The lowest BCUT2D eigenvalue weighted by atomic mass is 9.77. The number of carbonyl (C=O) groups is 3. The molecule has 2 aliphatic carbocycles. The Kier molecular flexibility index (Phi) is 9.86. The van der Waals surface area contributed by atoms with Gasteiger partial charge in [-0.2, -0.15) is 0 Å². The first-order valence-electron chi connectivity index (χ1n) is 13.9. The number of fused-ring (bicyclic) bond motifs is 2. The van der Waals surface area contributed by atoms with Crippen LogP contribution in [0.25, 0.3) is 0 Å². The first-order valence-corrected chi connectivity index (χ1v) is 15.8. The maximum Gasteiger partial charge on any atom is 0.407 e. The van der Waals surface area contributed by atoms with E-state index in [9.17, 15) is 41.1 Å². The number of benzene rings is 2. The van der Waals surface area contributed by atoms with Gasteiger partial charge >= 0.3 is 6.09 Å². The van der Waals surface area contributed by atoms with Crippen molar-refractivity contribution < 1.29 is 45.8 Å². The minimum absolute atomic E-state index is 0.0734. The van der Waals surface area contributed by atoms with Crippen LogP contribution in [-0.4, -0.2) is 62.0 Å². The van der Waals surface area contributed by atoms with Crippen LogP contribution in [0.2, 0.25) is 5.02 Å². The first kappa shape index (κ1) is 33.5. The number of ether oxygens (including phenoxy) is 1. The molecule has 5 atom stereocenters. The molecule has 2 fully saturated rings. The molecule has 240 valence electrons. The highest BCUT2D eigenvalue weighted by Crippen LogP contribution is 2.51. The molecular formula is C29H33ClF3N3O7S. The number of anilines is 1. The average Bonchev–Trinajstić information content (AvgIpc) is 3.26. The molecule has 2 aromatic carbocycles. The third kappa shape index (κ3) is 6.97. The number of methoxy groups -OCH3 is 1. The molecule has 10 nitrogen and oxygen atoms in total. The lowest BCUT2D eigenvalue weighted by Gasteiger charge is -2.41. The molecule has 0 heterocycles. The van der Waals surface area contributed by atoms with Crippen molar-refractivity contribution in [2.24, 2.45) is 17.8 Å². The van der Waals surface area contributed by atoms with E-state index in [4.69, 9.17) is 11.6 Å². The van der Waals surface area contributed by atoms with Gasteiger partial charge < -0.3 is 25.8 Å². The second-order valence-corrected chi connectivity index (χ2v) is 14.1. The van der Waals surface area contributed by atoms with Gasteiger partial charge in [-0.25, -0.2) is 26.4 Å². The number of hydrogen-bond acceptors (Lipinski definition) is 7. The van der Waals surface area contributed by atoms with Gasteiger partial charge in [-0.1, -0.05) is 25.4 Å². The van der Waals surface area contributed by atoms with Gasteiger partial charge in [0.15, 0.2) is 27.3 Å². The van der Waals surface area contributed by atoms with E-state index in [-0.39, 0.29) is 46.5 Å². The van der Waals surface area contributed by atoms with Gasteiger partial charge in [0.2, 0.25) is 5.91 Å². The Morgan fingerprint density at radius 1 is 1.07 bits per heavy atom. The quantitative estimate of drug-likeness (QED) is 0.295. The highest BCUT2D eigenvalue weighted by Gasteiger charge is 2.54. The van der Waals surface area contributed by atoms with Crippen molar-refractivity contribution in [2.45, 2.75) is 61.3 Å². The Hall–Kier alpha value is -3.36. The summed E-state index contributed by atoms with van der Waals surface area (Å²) in [5.41, 5.74) is -1.94. The molecule has 2 aliphatic rings. The number of alkyl carbamates (subject to hydrolysis) is 1. The predicted octanol–water partition coefficient (Wildman–Crippen LogP) is 4.20. The highest BCUT2D eigenvalue weighted by atomic mass is 35.5. The summed E-state index contributed by atoms with van der Waals surface area (Å²) in [6.45, 7) is 3.31.